The summed E-state index contributed by atoms with van der Waals surface area (Å²) in [5.41, 5.74) is 2.01. The number of benzene rings is 2. The van der Waals surface area contributed by atoms with Crippen LogP contribution in [0.25, 0.3) is 6.08 Å². The Kier molecular flexibility index (Phi) is 6.62. The van der Waals surface area contributed by atoms with E-state index >= 15 is 0 Å². The number of imide groups is 1. The van der Waals surface area contributed by atoms with Crippen molar-refractivity contribution in [2.45, 2.75) is 13.5 Å². The molecule has 0 radical (unpaired) electrons. The molecule has 3 rings (SSSR count). The Bertz CT molecular complexity index is 1050. The first-order valence-electron chi connectivity index (χ1n) is 8.72. The number of ether oxygens (including phenoxy) is 2. The van der Waals surface area contributed by atoms with Crippen molar-refractivity contribution in [3.63, 3.8) is 0 Å². The van der Waals surface area contributed by atoms with Gasteiger partial charge in [0.1, 0.15) is 6.61 Å². The summed E-state index contributed by atoms with van der Waals surface area (Å²) in [7, 11) is 1.52. The van der Waals surface area contributed by atoms with Gasteiger partial charge in [-0.25, -0.2) is 0 Å². The van der Waals surface area contributed by atoms with Crippen LogP contribution in [-0.4, -0.2) is 29.7 Å². The number of halogens is 1. The predicted octanol–water partition coefficient (Wildman–Crippen LogP) is 4.96. The fraction of sp³-hybridized carbons (Fsp3) is 0.190. The van der Waals surface area contributed by atoms with E-state index in [9.17, 15) is 14.9 Å². The SMILES string of the molecule is CCN1C(=O)S/C(=C/c2cc(OC)c(OCc3ccccc3C#N)cc2Br)C1=O. The molecule has 29 heavy (non-hydrogen) atoms. The van der Waals surface area contributed by atoms with E-state index in [2.05, 4.69) is 22.0 Å². The first-order valence-corrected chi connectivity index (χ1v) is 10.3. The van der Waals surface area contributed by atoms with Gasteiger partial charge in [-0.1, -0.05) is 34.1 Å². The minimum Gasteiger partial charge on any atom is -0.493 e. The summed E-state index contributed by atoms with van der Waals surface area (Å²) in [6.07, 6.45) is 1.65. The average molecular weight is 473 g/mol. The van der Waals surface area contributed by atoms with Crippen LogP contribution >= 0.6 is 27.7 Å². The number of nitrogens with zero attached hydrogens (tertiary/aromatic N) is 2. The highest BCUT2D eigenvalue weighted by Crippen LogP contribution is 2.38. The fourth-order valence-corrected chi connectivity index (χ4v) is 4.09. The monoisotopic (exact) mass is 472 g/mol. The molecule has 0 aliphatic carbocycles. The highest BCUT2D eigenvalue weighted by Gasteiger charge is 2.33. The number of thioether (sulfide) groups is 1. The summed E-state index contributed by atoms with van der Waals surface area (Å²) < 4.78 is 12.0. The van der Waals surface area contributed by atoms with Crippen molar-refractivity contribution < 1.29 is 19.1 Å². The molecular formula is C21H17BrN2O4S. The summed E-state index contributed by atoms with van der Waals surface area (Å²) in [4.78, 5) is 25.8. The summed E-state index contributed by atoms with van der Waals surface area (Å²) in [6.45, 7) is 2.31. The van der Waals surface area contributed by atoms with Crippen LogP contribution in [0, 0.1) is 11.3 Å². The third-order valence-corrected chi connectivity index (χ3v) is 5.87. The smallest absolute Gasteiger partial charge is 0.293 e. The number of amides is 2. The van der Waals surface area contributed by atoms with Crippen molar-refractivity contribution >= 4 is 44.9 Å². The molecule has 6 nitrogen and oxygen atoms in total. The third kappa shape index (κ3) is 4.47. The highest BCUT2D eigenvalue weighted by molar-refractivity contribution is 9.10. The van der Waals surface area contributed by atoms with Gasteiger partial charge in [-0.05, 0) is 48.5 Å². The van der Waals surface area contributed by atoms with Gasteiger partial charge in [-0.3, -0.25) is 14.5 Å². The molecule has 0 N–H and O–H groups in total. The summed E-state index contributed by atoms with van der Waals surface area (Å²) in [5.74, 6) is 0.663. The molecule has 1 aliphatic heterocycles. The summed E-state index contributed by atoms with van der Waals surface area (Å²) >= 11 is 4.40. The second kappa shape index (κ2) is 9.16. The van der Waals surface area contributed by atoms with Gasteiger partial charge in [0.05, 0.1) is 23.6 Å². The normalized spacial score (nSPS) is 15.0. The van der Waals surface area contributed by atoms with Gasteiger partial charge in [-0.15, -0.1) is 0 Å². The lowest BCUT2D eigenvalue weighted by atomic mass is 10.1. The number of hydrogen-bond acceptors (Lipinski definition) is 6. The van der Waals surface area contributed by atoms with Crippen molar-refractivity contribution in [1.82, 2.24) is 4.90 Å². The van der Waals surface area contributed by atoms with Gasteiger partial charge in [-0.2, -0.15) is 5.26 Å². The molecular weight excluding hydrogens is 456 g/mol. The number of likely N-dealkylation sites (N-methyl/N-ethyl adjacent to an activating group) is 1. The van der Waals surface area contributed by atoms with Gasteiger partial charge >= 0.3 is 0 Å². The molecule has 1 aliphatic rings. The molecule has 0 bridgehead atoms. The fourth-order valence-electron chi connectivity index (χ4n) is 2.76. The Balaban J connectivity index is 1.87. The number of carbonyl (C=O) groups excluding carboxylic acids is 2. The molecule has 8 heteroatoms. The predicted molar refractivity (Wildman–Crippen MR) is 115 cm³/mol. The molecule has 1 heterocycles. The van der Waals surface area contributed by atoms with Crippen LogP contribution in [0.3, 0.4) is 0 Å². The number of hydrogen-bond donors (Lipinski definition) is 0. The quantitative estimate of drug-likeness (QED) is 0.552. The van der Waals surface area contributed by atoms with E-state index in [0.29, 0.717) is 38.5 Å². The van der Waals surface area contributed by atoms with E-state index in [-0.39, 0.29) is 17.8 Å². The van der Waals surface area contributed by atoms with Crippen molar-refractivity contribution in [2.24, 2.45) is 0 Å². The minimum atomic E-state index is -0.304. The zero-order valence-electron chi connectivity index (χ0n) is 15.8. The van der Waals surface area contributed by atoms with E-state index < -0.39 is 0 Å². The Morgan fingerprint density at radius 1 is 1.24 bits per heavy atom. The van der Waals surface area contributed by atoms with E-state index in [1.165, 1.54) is 12.0 Å². The van der Waals surface area contributed by atoms with E-state index in [0.717, 1.165) is 17.3 Å². The maximum absolute atomic E-state index is 12.3. The Hall–Kier alpha value is -2.76. The van der Waals surface area contributed by atoms with E-state index in [4.69, 9.17) is 9.47 Å². The van der Waals surface area contributed by atoms with Gasteiger partial charge < -0.3 is 9.47 Å². The van der Waals surface area contributed by atoms with Crippen molar-refractivity contribution in [3.8, 4) is 17.6 Å². The van der Waals surface area contributed by atoms with Gasteiger partial charge in [0, 0.05) is 16.6 Å². The average Bonchev–Trinajstić information content (AvgIpc) is 3.00. The van der Waals surface area contributed by atoms with Crippen LogP contribution in [0.1, 0.15) is 23.6 Å². The number of nitriles is 1. The van der Waals surface area contributed by atoms with Crippen LogP contribution in [-0.2, 0) is 11.4 Å². The van der Waals surface area contributed by atoms with Crippen LogP contribution in [0.4, 0.5) is 4.79 Å². The minimum absolute atomic E-state index is 0.210. The maximum atomic E-state index is 12.3. The Morgan fingerprint density at radius 3 is 2.66 bits per heavy atom. The second-order valence-electron chi connectivity index (χ2n) is 6.01. The van der Waals surface area contributed by atoms with Crippen molar-refractivity contribution in [2.75, 3.05) is 13.7 Å². The van der Waals surface area contributed by atoms with Crippen LogP contribution in [0.2, 0.25) is 0 Å². The Labute approximate surface area is 181 Å². The number of methoxy groups -OCH3 is 1. The zero-order chi connectivity index (χ0) is 21.0. The van der Waals surface area contributed by atoms with Crippen molar-refractivity contribution in [3.05, 3.63) is 62.5 Å². The highest BCUT2D eigenvalue weighted by atomic mass is 79.9. The molecule has 0 unspecified atom stereocenters. The standard InChI is InChI=1S/C21H17BrN2O4S/c1-3-24-20(25)19(29-21(24)26)9-15-8-17(27-2)18(10-16(15)22)28-12-14-7-5-4-6-13(14)11-23/h4-10H,3,12H2,1-2H3/b19-9+. The number of carbonyl (C=O) groups is 2. The van der Waals surface area contributed by atoms with Gasteiger partial charge in [0.15, 0.2) is 11.5 Å². The molecule has 2 aromatic carbocycles. The Morgan fingerprint density at radius 2 is 2.00 bits per heavy atom. The van der Waals surface area contributed by atoms with E-state index in [1.807, 2.05) is 12.1 Å². The second-order valence-corrected chi connectivity index (χ2v) is 7.86. The first kappa shape index (κ1) is 21.0. The third-order valence-electron chi connectivity index (χ3n) is 4.28. The zero-order valence-corrected chi connectivity index (χ0v) is 18.2. The van der Waals surface area contributed by atoms with E-state index in [1.54, 1.807) is 37.3 Å². The van der Waals surface area contributed by atoms with Gasteiger partial charge in [0.2, 0.25) is 0 Å². The topological polar surface area (TPSA) is 79.6 Å². The lowest BCUT2D eigenvalue weighted by molar-refractivity contribution is -0.122. The first-order chi connectivity index (χ1) is 14.0. The van der Waals surface area contributed by atoms with Crippen LogP contribution < -0.4 is 9.47 Å². The number of rotatable bonds is 6. The van der Waals surface area contributed by atoms with Crippen LogP contribution in [0.15, 0.2) is 45.8 Å². The summed E-state index contributed by atoms with van der Waals surface area (Å²) in [6, 6.07) is 12.8. The lowest BCUT2D eigenvalue weighted by Gasteiger charge is -2.13. The molecule has 0 atom stereocenters. The molecule has 2 amide bonds. The molecule has 0 saturated carbocycles. The molecule has 1 saturated heterocycles. The van der Waals surface area contributed by atoms with Gasteiger partial charge in [0.25, 0.3) is 11.1 Å². The molecule has 0 aromatic heterocycles. The molecule has 2 aromatic rings. The molecule has 1 fully saturated rings. The van der Waals surface area contributed by atoms with Crippen molar-refractivity contribution in [1.29, 1.82) is 5.26 Å². The molecule has 148 valence electrons. The maximum Gasteiger partial charge on any atom is 0.293 e. The largest absolute Gasteiger partial charge is 0.493 e. The molecule has 0 spiro atoms. The lowest BCUT2D eigenvalue weighted by Crippen LogP contribution is -2.27. The summed E-state index contributed by atoms with van der Waals surface area (Å²) in [5, 5.41) is 8.93. The van der Waals surface area contributed by atoms with Crippen LogP contribution in [0.5, 0.6) is 11.5 Å².